The second-order valence-corrected chi connectivity index (χ2v) is 8.69. The van der Waals surface area contributed by atoms with Gasteiger partial charge in [-0.3, -0.25) is 9.98 Å². The quantitative estimate of drug-likeness (QED) is 0.297. The molecule has 0 spiro atoms. The van der Waals surface area contributed by atoms with E-state index in [1.807, 2.05) is 0 Å². The minimum absolute atomic E-state index is 0. The fourth-order valence-corrected chi connectivity index (χ4v) is 3.76. The van der Waals surface area contributed by atoms with Gasteiger partial charge in [0.1, 0.15) is 0 Å². The first-order chi connectivity index (χ1) is 16.3. The van der Waals surface area contributed by atoms with Gasteiger partial charge in [-0.05, 0) is 36.1 Å². The summed E-state index contributed by atoms with van der Waals surface area (Å²) in [7, 11) is 0. The summed E-state index contributed by atoms with van der Waals surface area (Å²) in [6, 6.07) is 14.9. The molecule has 0 saturated heterocycles. The predicted molar refractivity (Wildman–Crippen MR) is 125 cm³/mol. The van der Waals surface area contributed by atoms with Gasteiger partial charge in [-0.1, -0.05) is 77.3 Å². The van der Waals surface area contributed by atoms with Gasteiger partial charge in [0.25, 0.3) is 0 Å². The Balaban J connectivity index is 0.000000555. The van der Waals surface area contributed by atoms with Gasteiger partial charge < -0.3 is 25.5 Å². The van der Waals surface area contributed by atoms with E-state index in [1.54, 1.807) is 24.3 Å². The van der Waals surface area contributed by atoms with Crippen LogP contribution < -0.4 is 25.5 Å². The molecule has 1 fully saturated rings. The summed E-state index contributed by atoms with van der Waals surface area (Å²) in [6.45, 7) is 0. The van der Waals surface area contributed by atoms with Crippen LogP contribution in [0.2, 0.25) is 0 Å². The fourth-order valence-electron chi connectivity index (χ4n) is 3.50. The molecule has 3 aromatic rings. The Labute approximate surface area is 260 Å². The van der Waals surface area contributed by atoms with Crippen LogP contribution in [0.1, 0.15) is 36.8 Å². The first-order valence-corrected chi connectivity index (χ1v) is 11.6. The van der Waals surface area contributed by atoms with E-state index in [0.29, 0.717) is 0 Å². The molecule has 0 bridgehead atoms. The van der Waals surface area contributed by atoms with Crippen molar-refractivity contribution in [2.45, 2.75) is 37.8 Å². The zero-order valence-corrected chi connectivity index (χ0v) is 25.9. The molecule has 10 heteroatoms. The average Bonchev–Trinajstić information content (AvgIpc) is 2.84. The third kappa shape index (κ3) is 9.66. The Kier molecular flexibility index (Phi) is 14.6. The minimum Gasteiger partial charge on any atom is -0.873 e. The third-order valence-corrected chi connectivity index (χ3v) is 5.87. The Hall–Kier alpha value is -1.66. The van der Waals surface area contributed by atoms with E-state index in [2.05, 4.69) is 25.9 Å². The maximum absolute atomic E-state index is 11.8. The van der Waals surface area contributed by atoms with Crippen LogP contribution in [-0.2, 0) is 20.4 Å². The van der Waals surface area contributed by atoms with E-state index < -0.39 is 23.0 Å². The fraction of sp³-hybridized carbons (Fsp3) is 0.231. The summed E-state index contributed by atoms with van der Waals surface area (Å²) in [5, 5.41) is 56.9. The van der Waals surface area contributed by atoms with Gasteiger partial charge in [0.2, 0.25) is 0 Å². The Bertz CT molecular complexity index is 1070. The molecule has 0 heterocycles. The summed E-state index contributed by atoms with van der Waals surface area (Å²) >= 11 is 3.21. The van der Waals surface area contributed by atoms with Gasteiger partial charge in [-0.2, -0.15) is 0 Å². The number of nitrogens with zero attached hydrogens (tertiary/aromatic N) is 2. The molecule has 1 aliphatic carbocycles. The second kappa shape index (κ2) is 16.2. The minimum atomic E-state index is -0.560. The largest absolute Gasteiger partial charge is 3.00 e. The van der Waals surface area contributed by atoms with E-state index in [4.69, 9.17) is 0 Å². The van der Waals surface area contributed by atoms with Crippen molar-refractivity contribution in [3.8, 4) is 28.7 Å². The topological polar surface area (TPSA) is 140 Å². The molecular weight excluding hydrogens is 746 g/mol. The Morgan fingerprint density at radius 2 is 1.08 bits per heavy atom. The molecule has 0 radical (unpaired) electrons. The van der Waals surface area contributed by atoms with Crippen LogP contribution in [-0.4, -0.2) is 24.5 Å². The van der Waals surface area contributed by atoms with Crippen LogP contribution in [0.3, 0.4) is 0 Å². The number of rotatable bonds is 4. The van der Waals surface area contributed by atoms with Crippen molar-refractivity contribution in [3.05, 3.63) is 76.3 Å². The van der Waals surface area contributed by atoms with Gasteiger partial charge in [0.15, 0.2) is 0 Å². The first-order valence-electron chi connectivity index (χ1n) is 10.8. The van der Waals surface area contributed by atoms with Crippen molar-refractivity contribution >= 4 is 28.4 Å². The van der Waals surface area contributed by atoms with Gasteiger partial charge in [0.05, 0.1) is 12.1 Å². The molecule has 2 unspecified atom stereocenters. The Morgan fingerprint density at radius 3 is 1.47 bits per heavy atom. The molecule has 2 atom stereocenters. The molecule has 0 N–H and O–H groups in total. The normalized spacial score (nSPS) is 17.0. The van der Waals surface area contributed by atoms with E-state index in [-0.39, 0.29) is 85.0 Å². The van der Waals surface area contributed by atoms with Crippen molar-refractivity contribution in [3.63, 3.8) is 0 Å². The van der Waals surface area contributed by atoms with E-state index in [0.717, 1.165) is 30.2 Å². The summed E-state index contributed by atoms with van der Waals surface area (Å²) in [5.41, 5.74) is 0.540. The maximum Gasteiger partial charge on any atom is 3.00 e. The van der Waals surface area contributed by atoms with Crippen LogP contribution in [0.4, 0.5) is 0 Å². The molecule has 0 aromatic heterocycles. The van der Waals surface area contributed by atoms with Crippen molar-refractivity contribution < 1.29 is 81.6 Å². The summed E-state index contributed by atoms with van der Waals surface area (Å²) < 4.78 is 0.942. The molecule has 186 valence electrons. The van der Waals surface area contributed by atoms with Crippen molar-refractivity contribution in [2.75, 3.05) is 0 Å². The van der Waals surface area contributed by atoms with Crippen molar-refractivity contribution in [1.29, 1.82) is 0 Å². The number of aliphatic imine (C=N–C) groups is 2. The molecule has 7 nitrogen and oxygen atoms in total. The molecule has 1 saturated carbocycles. The third-order valence-electron chi connectivity index (χ3n) is 5.34. The molecule has 0 aliphatic heterocycles. The van der Waals surface area contributed by atoms with Gasteiger partial charge >= 0.3 is 56.0 Å². The molecule has 1 aliphatic rings. The van der Waals surface area contributed by atoms with Crippen molar-refractivity contribution in [2.24, 2.45) is 9.98 Å². The summed E-state index contributed by atoms with van der Waals surface area (Å²) in [5.74, 6) is -2.17. The SMILES string of the molecule is [La+3].[O-]c1ccc(Br)cc1.[O-]c1cccc(C=NC2CCCCC2N=Cc2cccc([O-])c2[O-])c1[O-].[Pd+2]. The number of halogens is 1. The number of hydrogen-bond donors (Lipinski definition) is 0. The van der Waals surface area contributed by atoms with Crippen LogP contribution in [0.15, 0.2) is 75.1 Å². The summed E-state index contributed by atoms with van der Waals surface area (Å²) in [6.07, 6.45) is 6.52. The number of para-hydroxylation sites is 2. The van der Waals surface area contributed by atoms with E-state index >= 15 is 0 Å². The first kappa shape index (κ1) is 32.4. The Morgan fingerprint density at radius 1 is 0.667 bits per heavy atom. The molecule has 3 aromatic carbocycles. The number of benzene rings is 3. The average molecular weight is 768 g/mol. The van der Waals surface area contributed by atoms with E-state index in [1.165, 1.54) is 48.8 Å². The van der Waals surface area contributed by atoms with Gasteiger partial charge in [-0.15, -0.1) is 28.7 Å². The van der Waals surface area contributed by atoms with Gasteiger partial charge in [-0.25, -0.2) is 0 Å². The van der Waals surface area contributed by atoms with Crippen LogP contribution in [0.5, 0.6) is 28.7 Å². The maximum atomic E-state index is 11.8. The second-order valence-electron chi connectivity index (χ2n) is 7.78. The molecular formula is C26H22BrLaN2O5Pd. The van der Waals surface area contributed by atoms with Crippen molar-refractivity contribution in [1.82, 2.24) is 0 Å². The molecule has 36 heavy (non-hydrogen) atoms. The smallest absolute Gasteiger partial charge is 0.873 e. The summed E-state index contributed by atoms with van der Waals surface area (Å²) in [4.78, 5) is 8.94. The standard InChI is InChI=1S/C20H22N2O4.C6H5BrO.La.Pd/c23-17-9-3-5-13(19(17)25)11-21-15-7-1-2-8-16(15)22-12-14-6-4-10-18(24)20(14)26;7-5-1-3-6(8)4-2-5;;/h3-6,9-12,15-16,23-26H,1-2,7-8H2;1-4,8H;;/q;;+3;+2/p-5. The van der Waals surface area contributed by atoms with Crippen LogP contribution in [0.25, 0.3) is 0 Å². The van der Waals surface area contributed by atoms with Crippen LogP contribution >= 0.6 is 15.9 Å². The zero-order chi connectivity index (χ0) is 24.5. The van der Waals surface area contributed by atoms with Crippen LogP contribution in [0, 0.1) is 35.6 Å². The predicted octanol–water partition coefficient (Wildman–Crippen LogP) is 2.35. The number of hydrogen-bond acceptors (Lipinski definition) is 7. The zero-order valence-electron chi connectivity index (χ0n) is 19.1. The molecule has 0 amide bonds. The van der Waals surface area contributed by atoms with E-state index in [9.17, 15) is 25.5 Å². The van der Waals surface area contributed by atoms with Gasteiger partial charge in [0, 0.05) is 16.9 Å². The monoisotopic (exact) mass is 766 g/mol. The molecule has 4 rings (SSSR count).